The third-order valence-corrected chi connectivity index (χ3v) is 6.00. The Morgan fingerprint density at radius 2 is 1.67 bits per heavy atom. The lowest BCUT2D eigenvalue weighted by molar-refractivity contribution is 0.0550. The number of allylic oxidation sites excluding steroid dienone is 3. The fraction of sp³-hybridized carbons (Fsp3) is 0.826. The van der Waals surface area contributed by atoms with E-state index in [9.17, 15) is 5.11 Å². The third-order valence-electron chi connectivity index (χ3n) is 6.00. The van der Waals surface area contributed by atoms with Crippen LogP contribution in [-0.4, -0.2) is 11.2 Å². The molecule has 0 aromatic carbocycles. The molecule has 0 aromatic heterocycles. The van der Waals surface area contributed by atoms with E-state index in [-0.39, 0.29) is 7.53 Å². The van der Waals surface area contributed by atoms with Crippen molar-refractivity contribution in [3.05, 3.63) is 23.8 Å². The van der Waals surface area contributed by atoms with Gasteiger partial charge in [-0.3, -0.25) is 0 Å². The van der Waals surface area contributed by atoms with Crippen LogP contribution in [0.1, 0.15) is 89.4 Å². The van der Waals surface area contributed by atoms with Crippen molar-refractivity contribution in [1.29, 1.82) is 0 Å². The maximum Gasteiger partial charge on any atom is 0.0617 e. The monoisotopic (exact) mass is 338 g/mol. The van der Waals surface area contributed by atoms with Gasteiger partial charge >= 0.3 is 0 Å². The van der Waals surface area contributed by atoms with Crippen molar-refractivity contribution >= 4 is 0 Å². The van der Waals surface area contributed by atoms with E-state index in [1.807, 2.05) is 13.8 Å². The van der Waals surface area contributed by atoms with Gasteiger partial charge in [-0.15, -0.1) is 0 Å². The van der Waals surface area contributed by atoms with E-state index < -0.39 is 0 Å². The average molecular weight is 339 g/mol. The van der Waals surface area contributed by atoms with Crippen molar-refractivity contribution in [2.24, 2.45) is 29.1 Å². The largest absolute Gasteiger partial charge is 0.392 e. The molecule has 1 nitrogen and oxygen atoms in total. The minimum atomic E-state index is -0.127. The number of fused-ring (bicyclic) bond motifs is 1. The van der Waals surface area contributed by atoms with Crippen molar-refractivity contribution in [3.63, 3.8) is 0 Å². The highest BCUT2D eigenvalue weighted by Crippen LogP contribution is 2.42. The van der Waals surface area contributed by atoms with Crippen molar-refractivity contribution in [2.45, 2.75) is 94.1 Å². The molecule has 0 bridgehead atoms. The Morgan fingerprint density at radius 3 is 2.08 bits per heavy atom. The second kappa shape index (κ2) is 11.1. The number of hydrogen-bond acceptors (Lipinski definition) is 1. The molecule has 0 saturated carbocycles. The molecule has 0 saturated heterocycles. The normalized spacial score (nSPS) is 31.8. The highest BCUT2D eigenvalue weighted by atomic mass is 16.3. The summed E-state index contributed by atoms with van der Waals surface area (Å²) in [7, 11) is 0. The number of aliphatic hydroxyl groups is 1. The Hall–Kier alpha value is -0.560. The first kappa shape index (κ1) is 23.4. The van der Waals surface area contributed by atoms with Crippen LogP contribution in [0.15, 0.2) is 23.8 Å². The second-order valence-corrected chi connectivity index (χ2v) is 8.13. The fourth-order valence-corrected chi connectivity index (χ4v) is 3.56. The van der Waals surface area contributed by atoms with E-state index in [0.29, 0.717) is 29.1 Å². The molecule has 1 heteroatoms. The van der Waals surface area contributed by atoms with Crippen molar-refractivity contribution in [3.8, 4) is 0 Å². The van der Waals surface area contributed by atoms with Gasteiger partial charge in [0.25, 0.3) is 0 Å². The molecule has 0 aromatic rings. The molecule has 0 spiro atoms. The molecule has 5 atom stereocenters. The van der Waals surface area contributed by atoms with Crippen LogP contribution in [-0.2, 0) is 0 Å². The summed E-state index contributed by atoms with van der Waals surface area (Å²) in [6.07, 6.45) is 11.5. The van der Waals surface area contributed by atoms with Crippen molar-refractivity contribution < 1.29 is 6.53 Å². The predicted octanol–water partition coefficient (Wildman–Crippen LogP) is 7.27. The summed E-state index contributed by atoms with van der Waals surface area (Å²) in [5.74, 6) is 2.16. The minimum absolute atomic E-state index is 0. The van der Waals surface area contributed by atoms with E-state index in [4.69, 9.17) is 0 Å². The molecule has 0 heterocycles. The summed E-state index contributed by atoms with van der Waals surface area (Å²) in [5, 5.41) is 10.2. The summed E-state index contributed by atoms with van der Waals surface area (Å²) in [5.41, 5.74) is 1.96. The summed E-state index contributed by atoms with van der Waals surface area (Å²) < 4.78 is 0. The zero-order valence-corrected chi connectivity index (χ0v) is 17.9. The number of aliphatic hydroxyl groups excluding tert-OH is 1. The zero-order valence-electron chi connectivity index (χ0n) is 17.9. The maximum absolute atomic E-state index is 10.2. The number of rotatable bonds is 3. The Kier molecular flexibility index (Phi) is 10.9. The van der Waals surface area contributed by atoms with E-state index in [1.54, 1.807) is 0 Å². The van der Waals surface area contributed by atoms with E-state index in [1.165, 1.54) is 24.8 Å². The lowest BCUT2D eigenvalue weighted by Crippen LogP contribution is -2.37. The van der Waals surface area contributed by atoms with Crippen molar-refractivity contribution in [1.82, 2.24) is 0 Å². The van der Waals surface area contributed by atoms with E-state index >= 15 is 0 Å². The lowest BCUT2D eigenvalue weighted by atomic mass is 9.66. The molecule has 2 unspecified atom stereocenters. The highest BCUT2D eigenvalue weighted by molar-refractivity contribution is 5.31. The molecule has 144 valence electrons. The van der Waals surface area contributed by atoms with Gasteiger partial charge in [0.1, 0.15) is 0 Å². The standard InChI is InChI=1S/C14H22O.C7H16.C2H6.H2/c1-4-12-10(3)5-6-11-7-9(2)8-13(15)14(11)12;1-5-7(3,4)6-2;1-2;/h5-7,9-10,12-15H,4,8H2,1-3H3;5-6H2,1-4H3;1-2H3;1H/t9?,10-,12-,13-,14?;;;/m0.../s1. The van der Waals surface area contributed by atoms with Crippen LogP contribution >= 0.6 is 0 Å². The predicted molar refractivity (Wildman–Crippen MR) is 111 cm³/mol. The third kappa shape index (κ3) is 6.75. The molecule has 1 N–H and O–H groups in total. The SMILES string of the molecule is CC.CCC(C)(C)CC.CC[C@@H]1C2C(=CC(C)C[C@@H]2O)C=C[C@@H]1C.[HH]. The summed E-state index contributed by atoms with van der Waals surface area (Å²) in [6.45, 7) is 19.8. The first-order valence-corrected chi connectivity index (χ1v) is 10.3. The van der Waals surface area contributed by atoms with Gasteiger partial charge < -0.3 is 5.11 Å². The van der Waals surface area contributed by atoms with Crippen LogP contribution < -0.4 is 0 Å². The van der Waals surface area contributed by atoms with Gasteiger partial charge in [0.05, 0.1) is 6.10 Å². The maximum atomic E-state index is 10.2. The number of hydrogen-bond donors (Lipinski definition) is 1. The van der Waals surface area contributed by atoms with Gasteiger partial charge in [-0.2, -0.15) is 0 Å². The molecule has 24 heavy (non-hydrogen) atoms. The van der Waals surface area contributed by atoms with Gasteiger partial charge in [-0.1, -0.05) is 99.8 Å². The Balaban J connectivity index is 0. The highest BCUT2D eigenvalue weighted by Gasteiger charge is 2.37. The molecular formula is C23H46O. The van der Waals surface area contributed by atoms with Crippen LogP contribution in [0.5, 0.6) is 0 Å². The van der Waals surface area contributed by atoms with Crippen LogP contribution in [0.2, 0.25) is 0 Å². The second-order valence-electron chi connectivity index (χ2n) is 8.13. The van der Waals surface area contributed by atoms with Crippen molar-refractivity contribution in [2.75, 3.05) is 0 Å². The topological polar surface area (TPSA) is 20.2 Å². The van der Waals surface area contributed by atoms with Gasteiger partial charge in [0, 0.05) is 7.34 Å². The van der Waals surface area contributed by atoms with Gasteiger partial charge in [-0.25, -0.2) is 0 Å². The molecule has 0 aliphatic heterocycles. The van der Waals surface area contributed by atoms with Gasteiger partial charge in [0.15, 0.2) is 0 Å². The van der Waals surface area contributed by atoms with Gasteiger partial charge in [0.2, 0.25) is 0 Å². The first-order valence-electron chi connectivity index (χ1n) is 10.3. The van der Waals surface area contributed by atoms with Crippen LogP contribution in [0.25, 0.3) is 0 Å². The molecule has 2 rings (SSSR count). The quantitative estimate of drug-likeness (QED) is 0.573. The Bertz CT molecular complexity index is 391. The molecule has 0 fully saturated rings. The lowest BCUT2D eigenvalue weighted by Gasteiger charge is -2.41. The molecule has 0 radical (unpaired) electrons. The minimum Gasteiger partial charge on any atom is -0.392 e. The molecule has 0 amide bonds. The Labute approximate surface area is 154 Å². The van der Waals surface area contributed by atoms with Crippen LogP contribution in [0.3, 0.4) is 0 Å². The fourth-order valence-electron chi connectivity index (χ4n) is 3.56. The Morgan fingerprint density at radius 1 is 1.12 bits per heavy atom. The molecule has 2 aliphatic carbocycles. The zero-order chi connectivity index (χ0) is 18.9. The summed E-state index contributed by atoms with van der Waals surface area (Å²) >= 11 is 0. The average Bonchev–Trinajstić information content (AvgIpc) is 2.57. The van der Waals surface area contributed by atoms with E-state index in [2.05, 4.69) is 66.7 Å². The van der Waals surface area contributed by atoms with Gasteiger partial charge in [-0.05, 0) is 35.2 Å². The molecule has 2 aliphatic rings. The van der Waals surface area contributed by atoms with Crippen LogP contribution in [0, 0.1) is 29.1 Å². The van der Waals surface area contributed by atoms with E-state index in [0.717, 1.165) is 6.42 Å². The first-order chi connectivity index (χ1) is 11.3. The van der Waals surface area contributed by atoms with Crippen LogP contribution in [0.4, 0.5) is 0 Å². The smallest absolute Gasteiger partial charge is 0.0617 e. The molecular weight excluding hydrogens is 292 g/mol. The summed E-state index contributed by atoms with van der Waals surface area (Å²) in [6, 6.07) is 0. The summed E-state index contributed by atoms with van der Waals surface area (Å²) in [4.78, 5) is 0.